The van der Waals surface area contributed by atoms with Gasteiger partial charge in [0, 0.05) is 31.2 Å². The highest BCUT2D eigenvalue weighted by Crippen LogP contribution is 2.29. The highest BCUT2D eigenvalue weighted by Gasteiger charge is 2.40. The van der Waals surface area contributed by atoms with Crippen LogP contribution >= 0.6 is 0 Å². The third-order valence-electron chi connectivity index (χ3n) is 5.10. The number of nitrogens with zero attached hydrogens (tertiary/aromatic N) is 3. The molecule has 0 aromatic carbocycles. The molecule has 0 unspecified atom stereocenters. The van der Waals surface area contributed by atoms with Crippen LogP contribution in [0.25, 0.3) is 0 Å². The zero-order valence-electron chi connectivity index (χ0n) is 15.3. The Balaban J connectivity index is 1.65. The Labute approximate surface area is 160 Å². The number of carbonyl (C=O) groups excluding carboxylic acids is 2. The second kappa shape index (κ2) is 7.08. The number of nitrogens with one attached hydrogen (secondary N) is 1. The number of amides is 2. The number of fused-ring (bicyclic) bond motifs is 2. The van der Waals surface area contributed by atoms with E-state index in [0.29, 0.717) is 13.0 Å². The van der Waals surface area contributed by atoms with Gasteiger partial charge in [0.15, 0.2) is 17.7 Å². The van der Waals surface area contributed by atoms with Crippen molar-refractivity contribution in [3.8, 4) is 5.75 Å². The maximum absolute atomic E-state index is 12.8. The molecule has 0 aliphatic carbocycles. The van der Waals surface area contributed by atoms with Crippen LogP contribution in [-0.2, 0) is 17.8 Å². The summed E-state index contributed by atoms with van der Waals surface area (Å²) < 4.78 is 7.10. The lowest BCUT2D eigenvalue weighted by Crippen LogP contribution is -2.57. The molecule has 2 atom stereocenters. The van der Waals surface area contributed by atoms with E-state index >= 15 is 0 Å². The predicted octanol–water partition coefficient (Wildman–Crippen LogP) is 0.470. The van der Waals surface area contributed by atoms with Crippen LogP contribution in [0.15, 0.2) is 35.5 Å². The summed E-state index contributed by atoms with van der Waals surface area (Å²) in [5.41, 5.74) is -0.432. The van der Waals surface area contributed by atoms with Crippen molar-refractivity contribution in [1.82, 2.24) is 19.8 Å². The molecule has 28 heavy (non-hydrogen) atoms. The zero-order valence-corrected chi connectivity index (χ0v) is 15.3. The first-order chi connectivity index (χ1) is 13.5. The number of aromatic nitrogens is 2. The summed E-state index contributed by atoms with van der Waals surface area (Å²) in [6.07, 6.45) is 4.73. The fourth-order valence-electron chi connectivity index (χ4n) is 3.60. The molecule has 2 N–H and O–H groups in total. The van der Waals surface area contributed by atoms with Gasteiger partial charge in [-0.05, 0) is 25.0 Å². The highest BCUT2D eigenvalue weighted by atomic mass is 16.5. The molecular weight excluding hydrogens is 364 g/mol. The monoisotopic (exact) mass is 384 g/mol. The summed E-state index contributed by atoms with van der Waals surface area (Å²) in [6.45, 7) is 2.85. The Morgan fingerprint density at radius 1 is 1.43 bits per heavy atom. The summed E-state index contributed by atoms with van der Waals surface area (Å²) in [6, 6.07) is 3.47. The molecule has 1 saturated heterocycles. The van der Waals surface area contributed by atoms with Gasteiger partial charge in [0.1, 0.15) is 5.56 Å². The van der Waals surface area contributed by atoms with Crippen LogP contribution in [0.4, 0.5) is 0 Å². The van der Waals surface area contributed by atoms with Crippen molar-refractivity contribution >= 4 is 11.8 Å². The molecule has 0 saturated carbocycles. The van der Waals surface area contributed by atoms with Crippen molar-refractivity contribution in [2.45, 2.75) is 38.7 Å². The van der Waals surface area contributed by atoms with Crippen LogP contribution < -0.4 is 10.7 Å². The number of hydrogen-bond donors (Lipinski definition) is 2. The van der Waals surface area contributed by atoms with E-state index in [1.807, 2.05) is 6.92 Å². The van der Waals surface area contributed by atoms with Crippen LogP contribution in [0.3, 0.4) is 0 Å². The van der Waals surface area contributed by atoms with E-state index in [-0.39, 0.29) is 30.4 Å². The van der Waals surface area contributed by atoms with Gasteiger partial charge in [0.05, 0.1) is 13.2 Å². The molecule has 4 heterocycles. The molecule has 2 aromatic rings. The molecule has 1 fully saturated rings. The van der Waals surface area contributed by atoms with Gasteiger partial charge < -0.3 is 24.6 Å². The van der Waals surface area contributed by atoms with Gasteiger partial charge in [-0.3, -0.25) is 19.4 Å². The molecule has 2 aromatic heterocycles. The lowest BCUT2D eigenvalue weighted by atomic mass is 10.1. The van der Waals surface area contributed by atoms with Crippen LogP contribution in [0, 0.1) is 0 Å². The molecular formula is C19H20N4O5. The third kappa shape index (κ3) is 3.03. The summed E-state index contributed by atoms with van der Waals surface area (Å²) in [7, 11) is 0. The number of rotatable bonds is 3. The molecule has 9 nitrogen and oxygen atoms in total. The number of hydrogen-bond acceptors (Lipinski definition) is 6. The van der Waals surface area contributed by atoms with Crippen molar-refractivity contribution in [2.75, 3.05) is 6.61 Å². The van der Waals surface area contributed by atoms with Crippen molar-refractivity contribution in [1.29, 1.82) is 0 Å². The largest absolute Gasteiger partial charge is 0.503 e. The normalized spacial score (nSPS) is 21.0. The molecule has 146 valence electrons. The topological polar surface area (TPSA) is 114 Å². The summed E-state index contributed by atoms with van der Waals surface area (Å²) in [5, 5.41) is 13.0. The smallest absolute Gasteiger partial charge is 0.276 e. The van der Waals surface area contributed by atoms with Crippen molar-refractivity contribution in [3.05, 3.63) is 57.8 Å². The average molecular weight is 384 g/mol. The first-order valence-corrected chi connectivity index (χ1v) is 9.05. The lowest BCUT2D eigenvalue weighted by Gasteiger charge is -2.44. The number of aromatic hydroxyl groups is 1. The lowest BCUT2D eigenvalue weighted by molar-refractivity contribution is -0.112. The molecule has 2 aliphatic heterocycles. The molecule has 0 bridgehead atoms. The SMILES string of the molecule is C[C@@H]1CCO[C@H]2Cn3cc(C(=O)NCc4cccnc4)c(=O)c(O)c3C(=O)N12. The summed E-state index contributed by atoms with van der Waals surface area (Å²) >= 11 is 0. The molecule has 2 aliphatic rings. The fraction of sp³-hybridized carbons (Fsp3) is 0.368. The molecule has 2 amide bonds. The van der Waals surface area contributed by atoms with Gasteiger partial charge >= 0.3 is 0 Å². The quantitative estimate of drug-likeness (QED) is 0.795. The average Bonchev–Trinajstić information content (AvgIpc) is 2.69. The first-order valence-electron chi connectivity index (χ1n) is 9.05. The fourth-order valence-corrected chi connectivity index (χ4v) is 3.60. The zero-order chi connectivity index (χ0) is 19.8. The van der Waals surface area contributed by atoms with E-state index in [1.165, 1.54) is 10.8 Å². The predicted molar refractivity (Wildman–Crippen MR) is 97.8 cm³/mol. The second-order valence-corrected chi connectivity index (χ2v) is 6.94. The van der Waals surface area contributed by atoms with Crippen LogP contribution in [0.5, 0.6) is 5.75 Å². The van der Waals surface area contributed by atoms with Crippen LogP contribution in [0.2, 0.25) is 0 Å². The molecule has 9 heteroatoms. The van der Waals surface area contributed by atoms with Gasteiger partial charge in [0.2, 0.25) is 5.43 Å². The minimum Gasteiger partial charge on any atom is -0.503 e. The van der Waals surface area contributed by atoms with E-state index in [1.54, 1.807) is 29.4 Å². The minimum absolute atomic E-state index is 0.0584. The van der Waals surface area contributed by atoms with E-state index in [0.717, 1.165) is 5.56 Å². The maximum Gasteiger partial charge on any atom is 0.276 e. The number of pyridine rings is 2. The summed E-state index contributed by atoms with van der Waals surface area (Å²) in [4.78, 5) is 43.4. The third-order valence-corrected chi connectivity index (χ3v) is 5.10. The summed E-state index contributed by atoms with van der Waals surface area (Å²) in [5.74, 6) is -1.82. The molecule has 0 radical (unpaired) electrons. The number of ether oxygens (including phenoxy) is 1. The van der Waals surface area contributed by atoms with Gasteiger partial charge in [-0.2, -0.15) is 0 Å². The Morgan fingerprint density at radius 2 is 2.25 bits per heavy atom. The van der Waals surface area contributed by atoms with Gasteiger partial charge in [0.25, 0.3) is 11.8 Å². The Morgan fingerprint density at radius 3 is 3.00 bits per heavy atom. The van der Waals surface area contributed by atoms with Crippen molar-refractivity contribution in [2.24, 2.45) is 0 Å². The second-order valence-electron chi connectivity index (χ2n) is 6.94. The van der Waals surface area contributed by atoms with Crippen LogP contribution in [-0.4, -0.2) is 50.2 Å². The van der Waals surface area contributed by atoms with E-state index in [2.05, 4.69) is 10.3 Å². The van der Waals surface area contributed by atoms with E-state index < -0.39 is 29.2 Å². The van der Waals surface area contributed by atoms with E-state index in [4.69, 9.17) is 4.74 Å². The van der Waals surface area contributed by atoms with Gasteiger partial charge in [-0.1, -0.05) is 6.07 Å². The van der Waals surface area contributed by atoms with Gasteiger partial charge in [-0.15, -0.1) is 0 Å². The van der Waals surface area contributed by atoms with Crippen molar-refractivity contribution in [3.63, 3.8) is 0 Å². The van der Waals surface area contributed by atoms with Gasteiger partial charge in [-0.25, -0.2) is 0 Å². The molecule has 4 rings (SSSR count). The van der Waals surface area contributed by atoms with Crippen molar-refractivity contribution < 1.29 is 19.4 Å². The minimum atomic E-state index is -0.868. The first kappa shape index (κ1) is 18.2. The number of carbonyl (C=O) groups is 2. The Bertz CT molecular complexity index is 988. The standard InChI is InChI=1S/C19H20N4O5/c1-11-4-6-28-14-10-22-9-13(16(24)17(25)15(22)19(27)23(11)14)18(26)21-8-12-3-2-5-20-7-12/h2-3,5,7,9,11,14,25H,4,6,8,10H2,1H3,(H,21,26)/t11-,14+/m1/s1. The highest BCUT2D eigenvalue weighted by molar-refractivity contribution is 5.99. The van der Waals surface area contributed by atoms with Crippen LogP contribution in [0.1, 0.15) is 39.8 Å². The Kier molecular flexibility index (Phi) is 4.60. The Hall–Kier alpha value is -3.20. The van der Waals surface area contributed by atoms with E-state index in [9.17, 15) is 19.5 Å². The maximum atomic E-state index is 12.8. The molecule has 0 spiro atoms.